The molecule has 17 heavy (non-hydrogen) atoms. The molecule has 1 fully saturated rings. The van der Waals surface area contributed by atoms with E-state index in [4.69, 9.17) is 5.73 Å². The number of anilines is 1. The van der Waals surface area contributed by atoms with Gasteiger partial charge in [0.15, 0.2) is 0 Å². The van der Waals surface area contributed by atoms with Crippen molar-refractivity contribution in [3.63, 3.8) is 0 Å². The van der Waals surface area contributed by atoms with Crippen molar-refractivity contribution in [2.24, 2.45) is 0 Å². The van der Waals surface area contributed by atoms with Crippen LogP contribution in [0.3, 0.4) is 0 Å². The molecule has 1 aromatic carbocycles. The van der Waals surface area contributed by atoms with E-state index < -0.39 is 0 Å². The van der Waals surface area contributed by atoms with Gasteiger partial charge in [0.25, 0.3) is 0 Å². The van der Waals surface area contributed by atoms with E-state index in [2.05, 4.69) is 16.9 Å². The van der Waals surface area contributed by atoms with Gasteiger partial charge in [-0.15, -0.1) is 0 Å². The van der Waals surface area contributed by atoms with Gasteiger partial charge in [-0.2, -0.15) is 0 Å². The molecule has 0 saturated heterocycles. The molecule has 1 aliphatic rings. The van der Waals surface area contributed by atoms with Gasteiger partial charge in [-0.1, -0.05) is 37.3 Å². The Morgan fingerprint density at radius 3 is 2.47 bits per heavy atom. The van der Waals surface area contributed by atoms with Crippen molar-refractivity contribution in [2.75, 3.05) is 5.73 Å². The van der Waals surface area contributed by atoms with Gasteiger partial charge in [-0.25, -0.2) is 9.97 Å². The minimum absolute atomic E-state index is 0.152. The Morgan fingerprint density at radius 2 is 1.82 bits per heavy atom. The predicted octanol–water partition coefficient (Wildman–Crippen LogP) is 2.78. The van der Waals surface area contributed by atoms with Gasteiger partial charge in [-0.05, 0) is 12.8 Å². The van der Waals surface area contributed by atoms with Crippen LogP contribution < -0.4 is 5.73 Å². The molecule has 0 spiro atoms. The lowest BCUT2D eigenvalue weighted by Gasteiger charge is -2.10. The normalized spacial score (nSPS) is 16.8. The molecule has 1 aromatic heterocycles. The summed E-state index contributed by atoms with van der Waals surface area (Å²) in [6.07, 6.45) is 2.31. The van der Waals surface area contributed by atoms with E-state index in [0.29, 0.717) is 5.82 Å². The van der Waals surface area contributed by atoms with E-state index in [0.717, 1.165) is 29.9 Å². The second-order valence-electron chi connectivity index (χ2n) is 4.93. The molecule has 0 unspecified atom stereocenters. The monoisotopic (exact) mass is 225 g/mol. The summed E-state index contributed by atoms with van der Waals surface area (Å²) < 4.78 is 0. The predicted molar refractivity (Wildman–Crippen MR) is 68.5 cm³/mol. The van der Waals surface area contributed by atoms with Crippen LogP contribution in [0.5, 0.6) is 0 Å². The number of nitrogen functional groups attached to an aromatic ring is 1. The van der Waals surface area contributed by atoms with Crippen molar-refractivity contribution in [3.8, 4) is 11.3 Å². The van der Waals surface area contributed by atoms with Crippen LogP contribution in [-0.4, -0.2) is 9.97 Å². The van der Waals surface area contributed by atoms with Gasteiger partial charge in [0.1, 0.15) is 11.6 Å². The minimum Gasteiger partial charge on any atom is -0.384 e. The zero-order chi connectivity index (χ0) is 11.9. The van der Waals surface area contributed by atoms with Gasteiger partial charge >= 0.3 is 0 Å². The van der Waals surface area contributed by atoms with Crippen LogP contribution >= 0.6 is 0 Å². The Hall–Kier alpha value is -1.90. The smallest absolute Gasteiger partial charge is 0.137 e. The first-order chi connectivity index (χ1) is 8.17. The maximum absolute atomic E-state index is 5.87. The molecule has 86 valence electrons. The lowest BCUT2D eigenvalue weighted by molar-refractivity contribution is 0.712. The average Bonchev–Trinajstić information content (AvgIpc) is 3.09. The molecule has 3 nitrogen and oxygen atoms in total. The SMILES string of the molecule is CC1(c2nc(N)cc(-c3ccccc3)n2)CC1. The Balaban J connectivity index is 2.09. The van der Waals surface area contributed by atoms with E-state index in [9.17, 15) is 0 Å². The number of nitrogens with two attached hydrogens (primary N) is 1. The number of hydrogen-bond donors (Lipinski definition) is 1. The van der Waals surface area contributed by atoms with Crippen LogP contribution in [0.2, 0.25) is 0 Å². The van der Waals surface area contributed by atoms with Crippen molar-refractivity contribution in [2.45, 2.75) is 25.2 Å². The van der Waals surface area contributed by atoms with E-state index >= 15 is 0 Å². The van der Waals surface area contributed by atoms with Gasteiger partial charge in [0.2, 0.25) is 0 Å². The van der Waals surface area contributed by atoms with E-state index in [1.165, 1.54) is 0 Å². The highest BCUT2D eigenvalue weighted by molar-refractivity contribution is 5.61. The third kappa shape index (κ3) is 1.88. The van der Waals surface area contributed by atoms with Gasteiger partial charge < -0.3 is 5.73 Å². The highest BCUT2D eigenvalue weighted by atomic mass is 15.0. The minimum atomic E-state index is 0.152. The van der Waals surface area contributed by atoms with Crippen LogP contribution in [0.15, 0.2) is 36.4 Å². The van der Waals surface area contributed by atoms with E-state index in [1.54, 1.807) is 0 Å². The van der Waals surface area contributed by atoms with Gasteiger partial charge in [0, 0.05) is 17.0 Å². The molecule has 3 rings (SSSR count). The Morgan fingerprint density at radius 1 is 1.12 bits per heavy atom. The number of benzene rings is 1. The second-order valence-corrected chi connectivity index (χ2v) is 4.93. The molecular weight excluding hydrogens is 210 g/mol. The molecule has 2 N–H and O–H groups in total. The fraction of sp³-hybridized carbons (Fsp3) is 0.286. The van der Waals surface area contributed by atoms with E-state index in [1.807, 2.05) is 36.4 Å². The third-order valence-electron chi connectivity index (χ3n) is 3.36. The van der Waals surface area contributed by atoms with Crippen LogP contribution in [0.1, 0.15) is 25.6 Å². The quantitative estimate of drug-likeness (QED) is 0.855. The average molecular weight is 225 g/mol. The van der Waals surface area contributed by atoms with Crippen molar-refractivity contribution < 1.29 is 0 Å². The Labute approximate surface area is 101 Å². The lowest BCUT2D eigenvalue weighted by Crippen LogP contribution is -2.09. The maximum Gasteiger partial charge on any atom is 0.137 e. The summed E-state index contributed by atoms with van der Waals surface area (Å²) in [5.74, 6) is 1.44. The number of nitrogens with zero attached hydrogens (tertiary/aromatic N) is 2. The number of aromatic nitrogens is 2. The van der Waals surface area contributed by atoms with Crippen LogP contribution in [0.4, 0.5) is 5.82 Å². The zero-order valence-corrected chi connectivity index (χ0v) is 9.85. The fourth-order valence-electron chi connectivity index (χ4n) is 1.90. The summed E-state index contributed by atoms with van der Waals surface area (Å²) in [5.41, 5.74) is 8.03. The third-order valence-corrected chi connectivity index (χ3v) is 3.36. The topological polar surface area (TPSA) is 51.8 Å². The molecule has 2 aromatic rings. The van der Waals surface area contributed by atoms with Gasteiger partial charge in [-0.3, -0.25) is 0 Å². The standard InChI is InChI=1S/C14H15N3/c1-14(7-8-14)13-16-11(9-12(15)17-13)10-5-3-2-4-6-10/h2-6,9H,7-8H2,1H3,(H2,15,16,17). The molecule has 0 aliphatic heterocycles. The summed E-state index contributed by atoms with van der Waals surface area (Å²) in [7, 11) is 0. The first kappa shape index (κ1) is 10.3. The van der Waals surface area contributed by atoms with Crippen LogP contribution in [-0.2, 0) is 5.41 Å². The summed E-state index contributed by atoms with van der Waals surface area (Å²) >= 11 is 0. The molecule has 0 atom stereocenters. The summed E-state index contributed by atoms with van der Waals surface area (Å²) in [6, 6.07) is 11.9. The van der Waals surface area contributed by atoms with Gasteiger partial charge in [0.05, 0.1) is 5.69 Å². The van der Waals surface area contributed by atoms with Crippen molar-refractivity contribution in [1.82, 2.24) is 9.97 Å². The number of hydrogen-bond acceptors (Lipinski definition) is 3. The largest absolute Gasteiger partial charge is 0.384 e. The fourth-order valence-corrected chi connectivity index (χ4v) is 1.90. The molecule has 1 saturated carbocycles. The molecule has 0 amide bonds. The molecule has 3 heteroatoms. The van der Waals surface area contributed by atoms with Crippen molar-refractivity contribution in [3.05, 3.63) is 42.2 Å². The first-order valence-electron chi connectivity index (χ1n) is 5.88. The Kier molecular flexibility index (Phi) is 2.15. The first-order valence-corrected chi connectivity index (χ1v) is 5.88. The summed E-state index contributed by atoms with van der Waals surface area (Å²) in [5, 5.41) is 0. The highest BCUT2D eigenvalue weighted by Crippen LogP contribution is 2.46. The summed E-state index contributed by atoms with van der Waals surface area (Å²) in [6.45, 7) is 2.19. The second kappa shape index (κ2) is 3.55. The van der Waals surface area contributed by atoms with Crippen LogP contribution in [0, 0.1) is 0 Å². The van der Waals surface area contributed by atoms with Crippen molar-refractivity contribution >= 4 is 5.82 Å². The number of rotatable bonds is 2. The lowest BCUT2D eigenvalue weighted by atomic mass is 10.1. The van der Waals surface area contributed by atoms with Crippen LogP contribution in [0.25, 0.3) is 11.3 Å². The summed E-state index contributed by atoms with van der Waals surface area (Å²) in [4.78, 5) is 9.01. The molecule has 1 heterocycles. The maximum atomic E-state index is 5.87. The highest BCUT2D eigenvalue weighted by Gasteiger charge is 2.42. The Bertz CT molecular complexity index is 545. The van der Waals surface area contributed by atoms with Crippen molar-refractivity contribution in [1.29, 1.82) is 0 Å². The molecule has 0 bridgehead atoms. The van der Waals surface area contributed by atoms with E-state index in [-0.39, 0.29) is 5.41 Å². The molecular formula is C14H15N3. The zero-order valence-electron chi connectivity index (χ0n) is 9.85. The molecule has 1 aliphatic carbocycles. The molecule has 0 radical (unpaired) electrons.